The molecule has 53 heavy (non-hydrogen) atoms. The van der Waals surface area contributed by atoms with Crippen LogP contribution in [0.4, 0.5) is 0 Å². The lowest BCUT2D eigenvalue weighted by Gasteiger charge is -2.26. The van der Waals surface area contributed by atoms with Gasteiger partial charge in [0.25, 0.3) is 0 Å². The Morgan fingerprint density at radius 2 is 1.66 bits per heavy atom. The quantitative estimate of drug-likeness (QED) is 0.0979. The molecular formula is C45H51N3O5. The largest absolute Gasteiger partial charge is 0.508 e. The van der Waals surface area contributed by atoms with Crippen molar-refractivity contribution in [1.29, 1.82) is 0 Å². The SMILES string of the molecule is NC1C=CC2=C(N1)n1cc3cc(Cc4ccccc4)cc(c3c1)COc1cc(ccc1O)CC[C@@H](O)C[C@H](CCCCCCc1ccc(O)cc1)OC2. The molecule has 0 radical (unpaired) electrons. The number of dihydropyridines is 1. The number of benzene rings is 4. The molecule has 4 aromatic carbocycles. The third-order valence-electron chi connectivity index (χ3n) is 10.4. The van der Waals surface area contributed by atoms with Gasteiger partial charge in [-0.05, 0) is 109 Å². The molecule has 8 heteroatoms. The fraction of sp³-hybridized carbons (Fsp3) is 0.333. The van der Waals surface area contributed by atoms with Crippen molar-refractivity contribution in [1.82, 2.24) is 9.88 Å². The number of nitrogens with two attached hydrogens (primary N) is 1. The molecule has 3 heterocycles. The third kappa shape index (κ3) is 9.70. The minimum atomic E-state index is -0.541. The monoisotopic (exact) mass is 713 g/mol. The standard InChI is InChI=1S/C45H51N3O5/c46-44-21-16-35-29-52-40(11-7-2-1-4-8-31-12-17-38(49)18-13-31)26-39(50)19-14-33-15-20-42(51)43(25-33)53-30-37-24-34(22-32-9-5-3-6-10-32)23-36-27-48(28-41(36)37)45(35)47-44/h3,5-6,9-10,12-13,15-18,20-21,23-25,27-28,39-40,44,47,49-51H,1-2,4,7-8,11,14,19,22,26,29-30,46H2/t39-,40+,44?/m1/s1. The molecule has 1 unspecified atom stereocenters. The van der Waals surface area contributed by atoms with Crippen molar-refractivity contribution in [3.8, 4) is 17.2 Å². The fourth-order valence-electron chi connectivity index (χ4n) is 7.47. The van der Waals surface area contributed by atoms with Crippen molar-refractivity contribution in [2.75, 3.05) is 6.61 Å². The van der Waals surface area contributed by atoms with Crippen LogP contribution in [0.15, 0.2) is 115 Å². The minimum absolute atomic E-state index is 0.0939. The first-order valence-electron chi connectivity index (χ1n) is 19.0. The van der Waals surface area contributed by atoms with E-state index in [4.69, 9.17) is 15.2 Å². The highest BCUT2D eigenvalue weighted by atomic mass is 16.5. The van der Waals surface area contributed by atoms with E-state index in [1.807, 2.05) is 36.4 Å². The summed E-state index contributed by atoms with van der Waals surface area (Å²) < 4.78 is 15.1. The Labute approximate surface area is 312 Å². The molecule has 0 fully saturated rings. The Bertz CT molecular complexity index is 2040. The summed E-state index contributed by atoms with van der Waals surface area (Å²) in [6.45, 7) is 0.665. The highest BCUT2D eigenvalue weighted by molar-refractivity contribution is 5.88. The van der Waals surface area contributed by atoms with E-state index in [0.717, 1.165) is 78.2 Å². The van der Waals surface area contributed by atoms with Gasteiger partial charge in [0.2, 0.25) is 0 Å². The number of hydrogen-bond donors (Lipinski definition) is 5. The molecule has 5 aromatic rings. The molecule has 2 aliphatic heterocycles. The maximum absolute atomic E-state index is 11.3. The van der Waals surface area contributed by atoms with Crippen molar-refractivity contribution >= 4 is 16.6 Å². The summed E-state index contributed by atoms with van der Waals surface area (Å²) in [6.07, 6.45) is 15.9. The molecule has 1 aromatic heterocycles. The van der Waals surface area contributed by atoms with E-state index in [1.165, 1.54) is 16.7 Å². The first kappa shape index (κ1) is 36.3. The molecule has 276 valence electrons. The van der Waals surface area contributed by atoms with E-state index in [-0.39, 0.29) is 24.6 Å². The van der Waals surface area contributed by atoms with Crippen LogP contribution < -0.4 is 15.8 Å². The molecule has 0 amide bonds. The summed E-state index contributed by atoms with van der Waals surface area (Å²) in [4.78, 5) is 0. The number of aromatic hydroxyl groups is 2. The number of aromatic nitrogens is 1. The molecule has 6 N–H and O–H groups in total. The molecule has 0 saturated carbocycles. The molecule has 0 aliphatic carbocycles. The van der Waals surface area contributed by atoms with Crippen LogP contribution in [0.2, 0.25) is 0 Å². The van der Waals surface area contributed by atoms with E-state index in [0.29, 0.717) is 37.4 Å². The van der Waals surface area contributed by atoms with Gasteiger partial charge in [0.1, 0.15) is 18.2 Å². The normalized spacial score (nSPS) is 19.3. The van der Waals surface area contributed by atoms with Crippen LogP contribution in [0.5, 0.6) is 17.2 Å². The number of nitrogens with one attached hydrogen (secondary N) is 1. The molecule has 8 nitrogen and oxygen atoms in total. The number of aliphatic hydroxyl groups is 1. The van der Waals surface area contributed by atoms with E-state index in [9.17, 15) is 15.3 Å². The number of fused-ring (bicyclic) bond motifs is 4. The Morgan fingerprint density at radius 3 is 2.51 bits per heavy atom. The Balaban J connectivity index is 1.15. The van der Waals surface area contributed by atoms with Crippen LogP contribution in [0, 0.1) is 0 Å². The van der Waals surface area contributed by atoms with Gasteiger partial charge in [-0.1, -0.05) is 79.9 Å². The van der Waals surface area contributed by atoms with Crippen molar-refractivity contribution in [2.24, 2.45) is 5.73 Å². The minimum Gasteiger partial charge on any atom is -0.508 e. The number of nitrogens with zero attached hydrogens (tertiary/aromatic N) is 1. The van der Waals surface area contributed by atoms with Crippen LogP contribution in [0.3, 0.4) is 0 Å². The van der Waals surface area contributed by atoms with Gasteiger partial charge in [-0.2, -0.15) is 0 Å². The Hall–Kier alpha value is -5.02. The zero-order valence-electron chi connectivity index (χ0n) is 30.3. The molecule has 0 saturated heterocycles. The lowest BCUT2D eigenvalue weighted by Crippen LogP contribution is -2.38. The molecule has 0 spiro atoms. The van der Waals surface area contributed by atoms with E-state index >= 15 is 0 Å². The summed E-state index contributed by atoms with van der Waals surface area (Å²) in [7, 11) is 0. The molecule has 7 rings (SSSR count). The summed E-state index contributed by atoms with van der Waals surface area (Å²) >= 11 is 0. The van der Waals surface area contributed by atoms with Crippen LogP contribution >= 0.6 is 0 Å². The Morgan fingerprint density at radius 1 is 0.830 bits per heavy atom. The highest BCUT2D eigenvalue weighted by Gasteiger charge is 2.21. The van der Waals surface area contributed by atoms with Gasteiger partial charge >= 0.3 is 0 Å². The lowest BCUT2D eigenvalue weighted by atomic mass is 9.98. The van der Waals surface area contributed by atoms with Gasteiger partial charge in [-0.15, -0.1) is 0 Å². The van der Waals surface area contributed by atoms with Gasteiger partial charge in [-0.25, -0.2) is 0 Å². The second-order valence-electron chi connectivity index (χ2n) is 14.6. The van der Waals surface area contributed by atoms with Crippen LogP contribution in [-0.4, -0.2) is 44.9 Å². The summed E-state index contributed by atoms with van der Waals surface area (Å²) in [6, 6.07) is 27.8. The number of phenolic OH excluding ortho intramolecular Hbond substituents is 2. The van der Waals surface area contributed by atoms with Gasteiger partial charge in [0.05, 0.1) is 25.0 Å². The number of unbranched alkanes of at least 4 members (excludes halogenated alkanes) is 3. The average molecular weight is 714 g/mol. The number of rotatable bonds is 9. The van der Waals surface area contributed by atoms with Crippen molar-refractivity contribution in [3.63, 3.8) is 0 Å². The first-order chi connectivity index (χ1) is 25.9. The van der Waals surface area contributed by atoms with Crippen LogP contribution in [0.1, 0.15) is 72.8 Å². The summed E-state index contributed by atoms with van der Waals surface area (Å²) in [5.74, 6) is 1.69. The molecular weight excluding hydrogens is 663 g/mol. The number of ether oxygens (including phenoxy) is 2. The fourth-order valence-corrected chi connectivity index (χ4v) is 7.47. The van der Waals surface area contributed by atoms with Gasteiger partial charge < -0.3 is 40.4 Å². The van der Waals surface area contributed by atoms with Gasteiger partial charge in [-0.3, -0.25) is 0 Å². The lowest BCUT2D eigenvalue weighted by molar-refractivity contribution is 0.0171. The van der Waals surface area contributed by atoms with E-state index < -0.39 is 6.10 Å². The zero-order valence-corrected chi connectivity index (χ0v) is 30.3. The van der Waals surface area contributed by atoms with Crippen LogP contribution in [0.25, 0.3) is 16.6 Å². The highest BCUT2D eigenvalue weighted by Crippen LogP contribution is 2.32. The third-order valence-corrected chi connectivity index (χ3v) is 10.4. The van der Waals surface area contributed by atoms with Gasteiger partial charge in [0.15, 0.2) is 11.5 Å². The van der Waals surface area contributed by atoms with Crippen molar-refractivity contribution in [2.45, 2.75) is 89.2 Å². The predicted octanol–water partition coefficient (Wildman–Crippen LogP) is 8.11. The summed E-state index contributed by atoms with van der Waals surface area (Å²) in [5.41, 5.74) is 13.1. The predicted molar refractivity (Wildman–Crippen MR) is 211 cm³/mol. The number of aliphatic hydroxyl groups excluding tert-OH is 1. The Kier molecular flexibility index (Phi) is 11.8. The van der Waals surface area contributed by atoms with Gasteiger partial charge in [0, 0.05) is 28.7 Å². The number of aryl methyl sites for hydroxylation is 2. The number of phenols is 2. The maximum atomic E-state index is 11.3. The maximum Gasteiger partial charge on any atom is 0.161 e. The first-order valence-corrected chi connectivity index (χ1v) is 19.0. The topological polar surface area (TPSA) is 122 Å². The van der Waals surface area contributed by atoms with E-state index in [1.54, 1.807) is 18.2 Å². The van der Waals surface area contributed by atoms with Crippen molar-refractivity contribution < 1.29 is 24.8 Å². The zero-order chi connectivity index (χ0) is 36.6. The average Bonchev–Trinajstić information content (AvgIpc) is 3.59. The molecule has 3 atom stereocenters. The smallest absolute Gasteiger partial charge is 0.161 e. The number of hydrogen-bond acceptors (Lipinski definition) is 7. The molecule has 4 bridgehead atoms. The molecule has 2 aliphatic rings. The summed E-state index contributed by atoms with van der Waals surface area (Å²) in [5, 5.41) is 37.2. The second kappa shape index (κ2) is 17.2. The van der Waals surface area contributed by atoms with E-state index in [2.05, 4.69) is 64.8 Å². The van der Waals surface area contributed by atoms with Crippen LogP contribution in [-0.2, 0) is 30.6 Å². The van der Waals surface area contributed by atoms with Crippen molar-refractivity contribution in [3.05, 3.63) is 143 Å². The second-order valence-corrected chi connectivity index (χ2v) is 14.6.